The monoisotopic (exact) mass is 250 g/mol. The van der Waals surface area contributed by atoms with Gasteiger partial charge in [-0.2, -0.15) is 0 Å². The van der Waals surface area contributed by atoms with Crippen molar-refractivity contribution in [3.8, 4) is 0 Å². The first-order valence-electron chi connectivity index (χ1n) is 6.90. The number of halogens is 1. The minimum Gasteiger partial charge on any atom is -0.371 e. The molecule has 1 aliphatic heterocycles. The van der Waals surface area contributed by atoms with Crippen molar-refractivity contribution in [1.82, 2.24) is 0 Å². The molecule has 1 atom stereocenters. The number of benzene rings is 1. The Balaban J connectivity index is 2.37. The zero-order valence-electron chi connectivity index (χ0n) is 11.4. The lowest BCUT2D eigenvalue weighted by Crippen LogP contribution is -2.26. The maximum atomic E-state index is 13.7. The van der Waals surface area contributed by atoms with Crippen molar-refractivity contribution in [3.05, 3.63) is 29.1 Å². The van der Waals surface area contributed by atoms with Crippen LogP contribution in [0.5, 0.6) is 0 Å². The molecule has 0 aliphatic carbocycles. The number of anilines is 1. The predicted octanol–water partition coefficient (Wildman–Crippen LogP) is 3.53. The summed E-state index contributed by atoms with van der Waals surface area (Å²) in [6.07, 6.45) is 5.03. The van der Waals surface area contributed by atoms with Gasteiger partial charge in [0, 0.05) is 24.8 Å². The van der Waals surface area contributed by atoms with Gasteiger partial charge in [0.05, 0.1) is 0 Å². The van der Waals surface area contributed by atoms with Gasteiger partial charge in [-0.25, -0.2) is 4.39 Å². The van der Waals surface area contributed by atoms with Gasteiger partial charge in [-0.1, -0.05) is 12.8 Å². The molecule has 2 N–H and O–H groups in total. The molecular formula is C15H23FN2. The lowest BCUT2D eigenvalue weighted by atomic mass is 10.0. The summed E-state index contributed by atoms with van der Waals surface area (Å²) in [6, 6.07) is 3.44. The maximum Gasteiger partial charge on any atom is 0.126 e. The average molecular weight is 250 g/mol. The molecule has 0 spiro atoms. The molecule has 1 aliphatic rings. The zero-order valence-corrected chi connectivity index (χ0v) is 11.4. The summed E-state index contributed by atoms with van der Waals surface area (Å²) in [7, 11) is 0. The molecule has 1 heterocycles. The number of nitrogens with zero attached hydrogens (tertiary/aromatic N) is 1. The highest BCUT2D eigenvalue weighted by molar-refractivity contribution is 5.57. The van der Waals surface area contributed by atoms with Gasteiger partial charge in [0.2, 0.25) is 0 Å². The Hall–Kier alpha value is -1.09. The van der Waals surface area contributed by atoms with E-state index < -0.39 is 0 Å². The third kappa shape index (κ3) is 2.83. The zero-order chi connectivity index (χ0) is 13.1. The molecule has 2 nitrogen and oxygen atoms in total. The van der Waals surface area contributed by atoms with Crippen molar-refractivity contribution >= 4 is 5.69 Å². The minimum absolute atomic E-state index is 0.127. The number of aryl methyl sites for hydroxylation is 1. The topological polar surface area (TPSA) is 29.3 Å². The van der Waals surface area contributed by atoms with Crippen LogP contribution in [0.3, 0.4) is 0 Å². The average Bonchev–Trinajstić information content (AvgIpc) is 2.60. The first kappa shape index (κ1) is 13.3. The molecule has 0 unspecified atom stereocenters. The molecule has 0 amide bonds. The van der Waals surface area contributed by atoms with E-state index in [9.17, 15) is 4.39 Å². The third-order valence-electron chi connectivity index (χ3n) is 3.75. The molecule has 100 valence electrons. The minimum atomic E-state index is -0.152. The molecule has 3 heteroatoms. The Morgan fingerprint density at radius 2 is 1.78 bits per heavy atom. The maximum absolute atomic E-state index is 13.7. The van der Waals surface area contributed by atoms with Gasteiger partial charge in [0.25, 0.3) is 0 Å². The van der Waals surface area contributed by atoms with Crippen molar-refractivity contribution in [1.29, 1.82) is 0 Å². The van der Waals surface area contributed by atoms with E-state index >= 15 is 0 Å². The predicted molar refractivity (Wildman–Crippen MR) is 74.4 cm³/mol. The molecule has 0 bridgehead atoms. The highest BCUT2D eigenvalue weighted by Gasteiger charge is 2.17. The van der Waals surface area contributed by atoms with E-state index in [2.05, 4.69) is 4.90 Å². The van der Waals surface area contributed by atoms with E-state index in [1.54, 1.807) is 6.07 Å². The van der Waals surface area contributed by atoms with Crippen LogP contribution in [0.15, 0.2) is 12.1 Å². The first-order valence-corrected chi connectivity index (χ1v) is 6.90. The van der Waals surface area contributed by atoms with Crippen LogP contribution in [-0.2, 0) is 0 Å². The van der Waals surface area contributed by atoms with Crippen LogP contribution in [-0.4, -0.2) is 13.1 Å². The van der Waals surface area contributed by atoms with Gasteiger partial charge >= 0.3 is 0 Å². The molecular weight excluding hydrogens is 227 g/mol. The van der Waals surface area contributed by atoms with E-state index in [0.29, 0.717) is 5.56 Å². The van der Waals surface area contributed by atoms with Crippen molar-refractivity contribution in [3.63, 3.8) is 0 Å². The number of nitrogens with two attached hydrogens (primary N) is 1. The second-order valence-electron chi connectivity index (χ2n) is 5.35. The largest absolute Gasteiger partial charge is 0.371 e. The second kappa shape index (κ2) is 5.70. The number of rotatable bonds is 2. The fraction of sp³-hybridized carbons (Fsp3) is 0.600. The number of hydrogen-bond acceptors (Lipinski definition) is 2. The van der Waals surface area contributed by atoms with Crippen LogP contribution in [0.1, 0.15) is 49.8 Å². The third-order valence-corrected chi connectivity index (χ3v) is 3.75. The van der Waals surface area contributed by atoms with Crippen LogP contribution in [0.2, 0.25) is 0 Å². The fourth-order valence-corrected chi connectivity index (χ4v) is 2.63. The standard InChI is InChI=1S/C15H23FN2/c1-11-9-15(13(12(2)17)10-14(11)16)18-7-5-3-4-6-8-18/h9-10,12H,3-8,17H2,1-2H3/t12-/m1/s1. The lowest BCUT2D eigenvalue weighted by Gasteiger charge is -2.27. The second-order valence-corrected chi connectivity index (χ2v) is 5.35. The molecule has 0 radical (unpaired) electrons. The van der Waals surface area contributed by atoms with Crippen LogP contribution < -0.4 is 10.6 Å². The van der Waals surface area contributed by atoms with Crippen LogP contribution >= 0.6 is 0 Å². The van der Waals surface area contributed by atoms with Gasteiger partial charge < -0.3 is 10.6 Å². The summed E-state index contributed by atoms with van der Waals surface area (Å²) in [5, 5.41) is 0. The van der Waals surface area contributed by atoms with E-state index in [1.165, 1.54) is 25.7 Å². The van der Waals surface area contributed by atoms with Gasteiger partial charge in [-0.15, -0.1) is 0 Å². The lowest BCUT2D eigenvalue weighted by molar-refractivity contribution is 0.612. The Kier molecular flexibility index (Phi) is 4.23. The first-order chi connectivity index (χ1) is 8.59. The van der Waals surface area contributed by atoms with E-state index in [4.69, 9.17) is 5.73 Å². The number of hydrogen-bond donors (Lipinski definition) is 1. The molecule has 1 aromatic carbocycles. The van der Waals surface area contributed by atoms with Crippen molar-refractivity contribution in [2.24, 2.45) is 5.73 Å². The molecule has 0 saturated carbocycles. The molecule has 1 saturated heterocycles. The van der Waals surface area contributed by atoms with Gasteiger partial charge in [0.1, 0.15) is 5.82 Å². The highest BCUT2D eigenvalue weighted by Crippen LogP contribution is 2.30. The molecule has 18 heavy (non-hydrogen) atoms. The van der Waals surface area contributed by atoms with Crippen molar-refractivity contribution in [2.45, 2.75) is 45.6 Å². The normalized spacial score (nSPS) is 18.6. The van der Waals surface area contributed by atoms with Gasteiger partial charge in [-0.3, -0.25) is 0 Å². The molecule has 0 aromatic heterocycles. The van der Waals surface area contributed by atoms with Gasteiger partial charge in [-0.05, 0) is 49.9 Å². The van der Waals surface area contributed by atoms with Gasteiger partial charge in [0.15, 0.2) is 0 Å². The van der Waals surface area contributed by atoms with E-state index in [-0.39, 0.29) is 11.9 Å². The molecule has 2 rings (SSSR count). The smallest absolute Gasteiger partial charge is 0.126 e. The van der Waals surface area contributed by atoms with Crippen LogP contribution in [0.4, 0.5) is 10.1 Å². The Labute approximate surface area is 109 Å². The summed E-state index contributed by atoms with van der Waals surface area (Å²) in [4.78, 5) is 2.37. The molecule has 1 aromatic rings. The Morgan fingerprint density at radius 1 is 1.17 bits per heavy atom. The summed E-state index contributed by atoms with van der Waals surface area (Å²) in [5.41, 5.74) is 8.75. The fourth-order valence-electron chi connectivity index (χ4n) is 2.63. The summed E-state index contributed by atoms with van der Waals surface area (Å²) < 4.78 is 13.7. The van der Waals surface area contributed by atoms with Crippen molar-refractivity contribution in [2.75, 3.05) is 18.0 Å². The summed E-state index contributed by atoms with van der Waals surface area (Å²) in [5.74, 6) is -0.152. The SMILES string of the molecule is Cc1cc(N2CCCCCC2)c([C@@H](C)N)cc1F. The van der Waals surface area contributed by atoms with Crippen LogP contribution in [0, 0.1) is 12.7 Å². The van der Waals surface area contributed by atoms with Crippen molar-refractivity contribution < 1.29 is 4.39 Å². The Morgan fingerprint density at radius 3 is 2.33 bits per heavy atom. The summed E-state index contributed by atoms with van der Waals surface area (Å²) >= 11 is 0. The summed E-state index contributed by atoms with van der Waals surface area (Å²) in [6.45, 7) is 5.86. The quantitative estimate of drug-likeness (QED) is 0.870. The molecule has 1 fully saturated rings. The van der Waals surface area contributed by atoms with E-state index in [1.807, 2.05) is 19.9 Å². The Bertz CT molecular complexity index is 407. The van der Waals surface area contributed by atoms with Crippen LogP contribution in [0.25, 0.3) is 0 Å². The van der Waals surface area contributed by atoms with E-state index in [0.717, 1.165) is 24.3 Å². The highest BCUT2D eigenvalue weighted by atomic mass is 19.1.